The van der Waals surface area contributed by atoms with Crippen molar-refractivity contribution in [2.75, 3.05) is 17.5 Å². The first-order chi connectivity index (χ1) is 14.2. The molecule has 1 amide bonds. The summed E-state index contributed by atoms with van der Waals surface area (Å²) in [6.07, 6.45) is 12.1. The van der Waals surface area contributed by atoms with Gasteiger partial charge in [0.25, 0.3) is 0 Å². The average molecular weight is 421 g/mol. The van der Waals surface area contributed by atoms with Gasteiger partial charge in [-0.15, -0.1) is 11.6 Å². The third-order valence-corrected chi connectivity index (χ3v) is 5.97. The Morgan fingerprint density at radius 2 is 1.79 bits per heavy atom. The van der Waals surface area contributed by atoms with Crippen LogP contribution in [-0.2, 0) is 28.9 Å². The number of rotatable bonds is 12. The third kappa shape index (κ3) is 6.74. The molecule has 162 valence electrons. The number of benzene rings is 1. The molecular formula is C24H37ClN2O2. The van der Waals surface area contributed by atoms with Gasteiger partial charge < -0.3 is 4.84 Å². The summed E-state index contributed by atoms with van der Waals surface area (Å²) < 4.78 is 0. The molecule has 1 aromatic carbocycles. The van der Waals surface area contributed by atoms with Gasteiger partial charge in [-0.25, -0.2) is 0 Å². The molecule has 1 saturated carbocycles. The lowest BCUT2D eigenvalue weighted by molar-refractivity contribution is -0.117. The molecule has 0 heterocycles. The number of unbranched alkanes of at least 4 members (excludes halogenated alkanes) is 3. The van der Waals surface area contributed by atoms with Crippen LogP contribution >= 0.6 is 11.6 Å². The molecule has 1 aliphatic carbocycles. The van der Waals surface area contributed by atoms with Crippen LogP contribution in [0, 0.1) is 0 Å². The van der Waals surface area contributed by atoms with Gasteiger partial charge in [-0.1, -0.05) is 57.3 Å². The first-order valence-corrected chi connectivity index (χ1v) is 11.9. The van der Waals surface area contributed by atoms with Crippen molar-refractivity contribution in [2.45, 2.75) is 91.4 Å². The van der Waals surface area contributed by atoms with Gasteiger partial charge in [0.1, 0.15) is 5.88 Å². The van der Waals surface area contributed by atoms with Crippen LogP contribution in [0.1, 0.15) is 88.8 Å². The Labute approximate surface area is 181 Å². The summed E-state index contributed by atoms with van der Waals surface area (Å²) >= 11 is 5.97. The van der Waals surface area contributed by atoms with Gasteiger partial charge >= 0.3 is 0 Å². The normalized spacial score (nSPS) is 13.6. The Morgan fingerprint density at radius 1 is 1.07 bits per heavy atom. The van der Waals surface area contributed by atoms with Crippen molar-refractivity contribution in [1.82, 2.24) is 0 Å². The van der Waals surface area contributed by atoms with Crippen molar-refractivity contribution < 1.29 is 9.63 Å². The SMILES string of the molecule is CCCCCCc1ccc(CC)c(N(CON=C2CCCC2)C(=O)CCl)c1CC. The van der Waals surface area contributed by atoms with E-state index in [4.69, 9.17) is 16.4 Å². The predicted octanol–water partition coefficient (Wildman–Crippen LogP) is 6.41. The van der Waals surface area contributed by atoms with Gasteiger partial charge in [-0.3, -0.25) is 9.69 Å². The maximum absolute atomic E-state index is 12.8. The van der Waals surface area contributed by atoms with E-state index in [0.29, 0.717) is 0 Å². The second kappa shape index (κ2) is 12.9. The highest BCUT2D eigenvalue weighted by Gasteiger charge is 2.23. The summed E-state index contributed by atoms with van der Waals surface area (Å²) in [5, 5.41) is 4.29. The van der Waals surface area contributed by atoms with E-state index < -0.39 is 0 Å². The molecule has 0 bridgehead atoms. The van der Waals surface area contributed by atoms with Crippen molar-refractivity contribution in [1.29, 1.82) is 0 Å². The van der Waals surface area contributed by atoms with Gasteiger partial charge in [-0.05, 0) is 68.1 Å². The van der Waals surface area contributed by atoms with E-state index in [1.807, 2.05) is 0 Å². The highest BCUT2D eigenvalue weighted by Crippen LogP contribution is 2.31. The Morgan fingerprint density at radius 3 is 2.41 bits per heavy atom. The van der Waals surface area contributed by atoms with Crippen LogP contribution in [0.4, 0.5) is 5.69 Å². The first kappa shape index (κ1) is 23.7. The minimum atomic E-state index is -0.133. The fraction of sp³-hybridized carbons (Fsp3) is 0.667. The minimum absolute atomic E-state index is 0.0625. The van der Waals surface area contributed by atoms with Crippen molar-refractivity contribution in [3.8, 4) is 0 Å². The Bertz CT molecular complexity index is 680. The molecule has 1 fully saturated rings. The standard InChI is InChI=1S/C24H37ClN2O2/c1-4-7-8-9-12-20-16-15-19(5-2)24(22(20)6-3)27(23(28)17-25)18-29-26-21-13-10-11-14-21/h15-16H,4-14,17-18H2,1-3H3. The smallest absolute Gasteiger partial charge is 0.244 e. The quantitative estimate of drug-likeness (QED) is 0.169. The topological polar surface area (TPSA) is 41.9 Å². The van der Waals surface area contributed by atoms with E-state index in [0.717, 1.165) is 49.1 Å². The van der Waals surface area contributed by atoms with Crippen LogP contribution in [0.15, 0.2) is 17.3 Å². The number of amides is 1. The van der Waals surface area contributed by atoms with Crippen LogP contribution in [0.25, 0.3) is 0 Å². The monoisotopic (exact) mass is 420 g/mol. The summed E-state index contributed by atoms with van der Waals surface area (Å²) in [4.78, 5) is 20.1. The molecule has 5 heteroatoms. The zero-order valence-electron chi connectivity index (χ0n) is 18.4. The second-order valence-corrected chi connectivity index (χ2v) is 8.07. The Kier molecular flexibility index (Phi) is 10.5. The third-order valence-electron chi connectivity index (χ3n) is 5.74. The number of alkyl halides is 1. The van der Waals surface area contributed by atoms with Gasteiger partial charge in [-0.2, -0.15) is 0 Å². The van der Waals surface area contributed by atoms with Crippen LogP contribution in [0.5, 0.6) is 0 Å². The highest BCUT2D eigenvalue weighted by molar-refractivity contribution is 6.29. The summed E-state index contributed by atoms with van der Waals surface area (Å²) in [5.74, 6) is -0.196. The summed E-state index contributed by atoms with van der Waals surface area (Å²) in [6, 6.07) is 4.41. The largest absolute Gasteiger partial charge is 0.373 e. The van der Waals surface area contributed by atoms with Crippen molar-refractivity contribution in [3.05, 3.63) is 28.8 Å². The molecule has 0 radical (unpaired) electrons. The Hall–Kier alpha value is -1.55. The first-order valence-electron chi connectivity index (χ1n) is 11.3. The maximum Gasteiger partial charge on any atom is 0.244 e. The van der Waals surface area contributed by atoms with Crippen molar-refractivity contribution in [3.63, 3.8) is 0 Å². The van der Waals surface area contributed by atoms with Crippen LogP contribution in [-0.4, -0.2) is 24.2 Å². The van der Waals surface area contributed by atoms with E-state index in [2.05, 4.69) is 38.1 Å². The molecule has 0 spiro atoms. The molecule has 0 atom stereocenters. The number of hydrogen-bond donors (Lipinski definition) is 0. The summed E-state index contributed by atoms with van der Waals surface area (Å²) in [6.45, 7) is 6.64. The zero-order chi connectivity index (χ0) is 21.1. The number of oxime groups is 1. The van der Waals surface area contributed by atoms with Gasteiger partial charge in [0.2, 0.25) is 5.91 Å². The average Bonchev–Trinajstić information content (AvgIpc) is 3.27. The molecule has 2 rings (SSSR count). The fourth-order valence-corrected chi connectivity index (χ4v) is 4.25. The van der Waals surface area contributed by atoms with E-state index in [9.17, 15) is 4.79 Å². The number of halogens is 1. The van der Waals surface area contributed by atoms with E-state index in [-0.39, 0.29) is 18.5 Å². The summed E-state index contributed by atoms with van der Waals surface area (Å²) in [5.41, 5.74) is 5.83. The molecular weight excluding hydrogens is 384 g/mol. The van der Waals surface area contributed by atoms with Crippen molar-refractivity contribution >= 4 is 28.9 Å². The maximum atomic E-state index is 12.8. The highest BCUT2D eigenvalue weighted by atomic mass is 35.5. The number of hydrogen-bond acceptors (Lipinski definition) is 3. The molecule has 0 aromatic heterocycles. The molecule has 29 heavy (non-hydrogen) atoms. The molecule has 0 saturated heterocycles. The fourth-order valence-electron chi connectivity index (χ4n) is 4.10. The van der Waals surface area contributed by atoms with Gasteiger partial charge in [0, 0.05) is 0 Å². The lowest BCUT2D eigenvalue weighted by Crippen LogP contribution is -2.35. The van der Waals surface area contributed by atoms with Gasteiger partial charge in [0.15, 0.2) is 6.73 Å². The molecule has 1 aromatic rings. The van der Waals surface area contributed by atoms with E-state index in [1.165, 1.54) is 49.7 Å². The Balaban J connectivity index is 2.30. The number of anilines is 1. The molecule has 1 aliphatic rings. The molecule has 4 nitrogen and oxygen atoms in total. The number of aryl methyl sites for hydroxylation is 2. The molecule has 0 aliphatic heterocycles. The summed E-state index contributed by atoms with van der Waals surface area (Å²) in [7, 11) is 0. The number of carbonyl (C=O) groups is 1. The molecule has 0 unspecified atom stereocenters. The van der Waals surface area contributed by atoms with E-state index in [1.54, 1.807) is 4.90 Å². The number of nitrogens with zero attached hydrogens (tertiary/aromatic N) is 2. The molecule has 0 N–H and O–H groups in total. The lowest BCUT2D eigenvalue weighted by Gasteiger charge is -2.27. The van der Waals surface area contributed by atoms with Gasteiger partial charge in [0.05, 0.1) is 11.4 Å². The minimum Gasteiger partial charge on any atom is -0.373 e. The number of carbonyl (C=O) groups excluding carboxylic acids is 1. The van der Waals surface area contributed by atoms with Crippen LogP contribution < -0.4 is 4.90 Å². The van der Waals surface area contributed by atoms with Crippen molar-refractivity contribution in [2.24, 2.45) is 5.16 Å². The van der Waals surface area contributed by atoms with Crippen LogP contribution in [0.2, 0.25) is 0 Å². The lowest BCUT2D eigenvalue weighted by atomic mass is 9.93. The van der Waals surface area contributed by atoms with Crippen LogP contribution in [0.3, 0.4) is 0 Å². The zero-order valence-corrected chi connectivity index (χ0v) is 19.2. The predicted molar refractivity (Wildman–Crippen MR) is 123 cm³/mol. The second-order valence-electron chi connectivity index (χ2n) is 7.81. The van der Waals surface area contributed by atoms with E-state index >= 15 is 0 Å².